The van der Waals surface area contributed by atoms with Crippen LogP contribution in [0.3, 0.4) is 0 Å². The predicted octanol–water partition coefficient (Wildman–Crippen LogP) is 2.87. The van der Waals surface area contributed by atoms with Crippen LogP contribution in [0.25, 0.3) is 0 Å². The molecule has 14 heavy (non-hydrogen) atoms. The molecule has 1 aromatic rings. The van der Waals surface area contributed by atoms with Crippen LogP contribution in [-0.4, -0.2) is 13.1 Å². The first-order valence-corrected chi connectivity index (χ1v) is 6.13. The normalized spacial score (nSPS) is 12.1. The van der Waals surface area contributed by atoms with Gasteiger partial charge in [-0.05, 0) is 5.56 Å². The molecule has 0 radical (unpaired) electrons. The van der Waals surface area contributed by atoms with Crippen molar-refractivity contribution in [3.05, 3.63) is 35.9 Å². The summed E-state index contributed by atoms with van der Waals surface area (Å²) >= 11 is 4.15. The molecule has 1 rings (SSSR count). The second kappa shape index (κ2) is 5.98. The van der Waals surface area contributed by atoms with Gasteiger partial charge in [0.05, 0.1) is 18.8 Å². The van der Waals surface area contributed by atoms with E-state index in [1.54, 1.807) is 0 Å². The molecule has 0 aromatic heterocycles. The second-order valence-electron chi connectivity index (χ2n) is 2.78. The molecule has 0 saturated carbocycles. The number of ether oxygens (including phenoxy) is 1. The van der Waals surface area contributed by atoms with Crippen molar-refractivity contribution in [3.8, 4) is 0 Å². The van der Waals surface area contributed by atoms with E-state index >= 15 is 0 Å². The highest BCUT2D eigenvalue weighted by atomic mass is 33.1. The minimum absolute atomic E-state index is 0.0620. The van der Waals surface area contributed by atoms with Crippen molar-refractivity contribution >= 4 is 28.4 Å². The fourth-order valence-corrected chi connectivity index (χ4v) is 2.20. The smallest absolute Gasteiger partial charge is 0.307 e. The van der Waals surface area contributed by atoms with Crippen molar-refractivity contribution in [2.75, 3.05) is 7.11 Å². The second-order valence-corrected chi connectivity index (χ2v) is 4.20. The van der Waals surface area contributed by atoms with Gasteiger partial charge in [0.15, 0.2) is 0 Å². The van der Waals surface area contributed by atoms with Crippen molar-refractivity contribution in [1.82, 2.24) is 0 Å². The summed E-state index contributed by atoms with van der Waals surface area (Å²) in [6.45, 7) is 0. The Hall–Kier alpha value is -0.610. The zero-order valence-corrected chi connectivity index (χ0v) is 9.55. The Bertz CT molecular complexity index is 287. The van der Waals surface area contributed by atoms with Crippen LogP contribution in [0.4, 0.5) is 0 Å². The van der Waals surface area contributed by atoms with E-state index in [-0.39, 0.29) is 11.2 Å². The molecule has 0 aliphatic heterocycles. The molecule has 1 aromatic carbocycles. The van der Waals surface area contributed by atoms with E-state index in [0.29, 0.717) is 6.42 Å². The van der Waals surface area contributed by atoms with Gasteiger partial charge in [0, 0.05) is 0 Å². The first-order chi connectivity index (χ1) is 6.77. The van der Waals surface area contributed by atoms with Gasteiger partial charge < -0.3 is 4.74 Å². The van der Waals surface area contributed by atoms with E-state index in [9.17, 15) is 4.79 Å². The maximum atomic E-state index is 11.1. The van der Waals surface area contributed by atoms with Crippen molar-refractivity contribution in [2.24, 2.45) is 0 Å². The highest BCUT2D eigenvalue weighted by Gasteiger charge is 2.15. The van der Waals surface area contributed by atoms with Crippen molar-refractivity contribution in [1.29, 1.82) is 0 Å². The molecule has 0 fully saturated rings. The standard InChI is InChI=1S/C10H12O2S2/c1-12-10(11)7-9(14-13)8-5-3-2-4-6-8/h2-6,9,13H,7H2,1H3. The third kappa shape index (κ3) is 3.27. The number of carbonyl (C=O) groups excluding carboxylic acids is 1. The van der Waals surface area contributed by atoms with E-state index in [1.165, 1.54) is 17.9 Å². The summed E-state index contributed by atoms with van der Waals surface area (Å²) in [5, 5.41) is 0.0620. The van der Waals surface area contributed by atoms with Crippen molar-refractivity contribution in [3.63, 3.8) is 0 Å². The average molecular weight is 228 g/mol. The molecule has 0 spiro atoms. The Morgan fingerprint density at radius 2 is 2.14 bits per heavy atom. The van der Waals surface area contributed by atoms with E-state index in [2.05, 4.69) is 16.4 Å². The SMILES string of the molecule is COC(=O)CC(SS)c1ccccc1. The van der Waals surface area contributed by atoms with Crippen LogP contribution in [0.15, 0.2) is 30.3 Å². The average Bonchev–Trinajstić information content (AvgIpc) is 2.26. The van der Waals surface area contributed by atoms with Crippen LogP contribution in [-0.2, 0) is 9.53 Å². The zero-order valence-electron chi connectivity index (χ0n) is 7.84. The van der Waals surface area contributed by atoms with Gasteiger partial charge in [-0.3, -0.25) is 4.79 Å². The summed E-state index contributed by atoms with van der Waals surface area (Å²) < 4.78 is 4.62. The van der Waals surface area contributed by atoms with Gasteiger partial charge in [-0.1, -0.05) is 41.1 Å². The number of methoxy groups -OCH3 is 1. The Labute approximate surface area is 92.8 Å². The number of hydrogen-bond acceptors (Lipinski definition) is 4. The number of benzene rings is 1. The number of rotatable bonds is 4. The largest absolute Gasteiger partial charge is 0.469 e. The summed E-state index contributed by atoms with van der Waals surface area (Å²) in [5.74, 6) is -0.208. The lowest BCUT2D eigenvalue weighted by atomic mass is 10.1. The predicted molar refractivity (Wildman–Crippen MR) is 62.4 cm³/mol. The monoisotopic (exact) mass is 228 g/mol. The maximum absolute atomic E-state index is 11.1. The lowest BCUT2D eigenvalue weighted by Gasteiger charge is -2.11. The molecule has 0 aliphatic rings. The molecule has 1 unspecified atom stereocenters. The van der Waals surface area contributed by atoms with Crippen molar-refractivity contribution in [2.45, 2.75) is 11.7 Å². The molecule has 0 aliphatic carbocycles. The third-order valence-corrected chi connectivity index (χ3v) is 3.34. The quantitative estimate of drug-likeness (QED) is 0.487. The fraction of sp³-hybridized carbons (Fsp3) is 0.300. The number of carbonyl (C=O) groups is 1. The Balaban J connectivity index is 2.68. The van der Waals surface area contributed by atoms with Gasteiger partial charge in [-0.15, -0.1) is 11.7 Å². The fourth-order valence-electron chi connectivity index (χ4n) is 1.12. The topological polar surface area (TPSA) is 26.3 Å². The first kappa shape index (κ1) is 11.5. The molecule has 0 amide bonds. The maximum Gasteiger partial charge on any atom is 0.307 e. The van der Waals surface area contributed by atoms with E-state index in [4.69, 9.17) is 0 Å². The number of esters is 1. The van der Waals surface area contributed by atoms with E-state index in [1.807, 2.05) is 30.3 Å². The molecule has 1 atom stereocenters. The van der Waals surface area contributed by atoms with Gasteiger partial charge in [-0.2, -0.15) is 0 Å². The Kier molecular flexibility index (Phi) is 4.90. The third-order valence-electron chi connectivity index (χ3n) is 1.88. The summed E-state index contributed by atoms with van der Waals surface area (Å²) in [7, 11) is 2.76. The van der Waals surface area contributed by atoms with Crippen molar-refractivity contribution < 1.29 is 9.53 Å². The van der Waals surface area contributed by atoms with Crippen LogP contribution >= 0.6 is 22.5 Å². The van der Waals surface area contributed by atoms with Gasteiger partial charge in [0.25, 0.3) is 0 Å². The Morgan fingerprint density at radius 1 is 1.50 bits per heavy atom. The lowest BCUT2D eigenvalue weighted by Crippen LogP contribution is -2.05. The molecule has 0 bridgehead atoms. The molecule has 76 valence electrons. The number of thiol groups is 1. The summed E-state index contributed by atoms with van der Waals surface area (Å²) in [6, 6.07) is 9.81. The molecular weight excluding hydrogens is 216 g/mol. The summed E-state index contributed by atoms with van der Waals surface area (Å²) in [4.78, 5) is 11.1. The first-order valence-electron chi connectivity index (χ1n) is 4.20. The van der Waals surface area contributed by atoms with Gasteiger partial charge in [-0.25, -0.2) is 0 Å². The van der Waals surface area contributed by atoms with E-state index in [0.717, 1.165) is 5.56 Å². The lowest BCUT2D eigenvalue weighted by molar-refractivity contribution is -0.140. The highest BCUT2D eigenvalue weighted by molar-refractivity contribution is 8.68. The summed E-state index contributed by atoms with van der Waals surface area (Å²) in [5.41, 5.74) is 1.10. The zero-order chi connectivity index (χ0) is 10.4. The summed E-state index contributed by atoms with van der Waals surface area (Å²) in [6.07, 6.45) is 0.356. The van der Waals surface area contributed by atoms with E-state index < -0.39 is 0 Å². The van der Waals surface area contributed by atoms with Gasteiger partial charge in [0.2, 0.25) is 0 Å². The molecule has 0 saturated heterocycles. The van der Waals surface area contributed by atoms with Crippen LogP contribution in [0.5, 0.6) is 0 Å². The number of hydrogen-bond donors (Lipinski definition) is 1. The van der Waals surface area contributed by atoms with Crippen LogP contribution in [0.2, 0.25) is 0 Å². The molecular formula is C10H12O2S2. The van der Waals surface area contributed by atoms with Crippen LogP contribution in [0.1, 0.15) is 17.2 Å². The minimum atomic E-state index is -0.208. The minimum Gasteiger partial charge on any atom is -0.469 e. The van der Waals surface area contributed by atoms with Crippen LogP contribution < -0.4 is 0 Å². The van der Waals surface area contributed by atoms with Gasteiger partial charge >= 0.3 is 5.97 Å². The molecule has 4 heteroatoms. The van der Waals surface area contributed by atoms with Crippen LogP contribution in [0, 0.1) is 0 Å². The molecule has 2 nitrogen and oxygen atoms in total. The highest BCUT2D eigenvalue weighted by Crippen LogP contribution is 2.34. The Morgan fingerprint density at radius 3 is 2.64 bits per heavy atom. The van der Waals surface area contributed by atoms with Gasteiger partial charge in [0.1, 0.15) is 0 Å². The molecule has 0 N–H and O–H groups in total. The molecule has 0 heterocycles.